The fourth-order valence-corrected chi connectivity index (χ4v) is 3.93. The largest absolute Gasteiger partial charge is 0.269 e. The van der Waals surface area contributed by atoms with E-state index in [1.807, 2.05) is 11.4 Å². The van der Waals surface area contributed by atoms with Crippen LogP contribution in [0.5, 0.6) is 0 Å². The first-order chi connectivity index (χ1) is 9.38. The van der Waals surface area contributed by atoms with Crippen LogP contribution in [0.2, 0.25) is 0 Å². The van der Waals surface area contributed by atoms with Gasteiger partial charge < -0.3 is 0 Å². The monoisotopic (exact) mass is 376 g/mol. The zero-order chi connectivity index (χ0) is 14.8. The van der Waals surface area contributed by atoms with Crippen molar-refractivity contribution < 1.29 is 13.3 Å². The molecule has 0 fully saturated rings. The normalized spacial score (nSPS) is 11.4. The van der Waals surface area contributed by atoms with Crippen molar-refractivity contribution in [1.29, 1.82) is 0 Å². The van der Waals surface area contributed by atoms with E-state index in [2.05, 4.69) is 20.7 Å². The lowest BCUT2D eigenvalue weighted by molar-refractivity contribution is -0.384. The van der Waals surface area contributed by atoms with Crippen LogP contribution in [-0.4, -0.2) is 13.3 Å². The minimum Gasteiger partial charge on any atom is -0.258 e. The second-order valence-corrected chi connectivity index (χ2v) is 7.49. The summed E-state index contributed by atoms with van der Waals surface area (Å²) in [5, 5.41) is 12.4. The third-order valence-corrected chi connectivity index (χ3v) is 5.53. The van der Waals surface area contributed by atoms with E-state index in [0.717, 1.165) is 21.5 Å². The van der Waals surface area contributed by atoms with E-state index >= 15 is 0 Å². The van der Waals surface area contributed by atoms with Gasteiger partial charge in [-0.3, -0.25) is 10.1 Å². The van der Waals surface area contributed by atoms with Gasteiger partial charge in [-0.15, -0.1) is 11.3 Å². The Kier molecular flexibility index (Phi) is 4.53. The SMILES string of the molecule is O=[N+]([O-])c1ccc(S(=O)(=O)NCc2cc(Br)cs2)cc1. The highest BCUT2D eigenvalue weighted by atomic mass is 79.9. The maximum atomic E-state index is 12.0. The Hall–Kier alpha value is -1.29. The number of benzene rings is 1. The van der Waals surface area contributed by atoms with Gasteiger partial charge in [-0.25, -0.2) is 13.1 Å². The molecule has 2 rings (SSSR count). The standard InChI is InChI=1S/C11H9BrN2O4S2/c12-8-5-10(19-7-8)6-13-20(17,18)11-3-1-9(2-4-11)14(15)16/h1-5,7,13H,6H2. The number of nitro groups is 1. The number of hydrogen-bond donors (Lipinski definition) is 1. The van der Waals surface area contributed by atoms with Crippen molar-refractivity contribution >= 4 is 43.0 Å². The Labute approximate surface area is 127 Å². The van der Waals surface area contributed by atoms with Crippen molar-refractivity contribution in [2.45, 2.75) is 11.4 Å². The zero-order valence-corrected chi connectivity index (χ0v) is 13.2. The molecule has 0 radical (unpaired) electrons. The molecule has 0 spiro atoms. The van der Waals surface area contributed by atoms with Gasteiger partial charge in [-0.05, 0) is 34.1 Å². The van der Waals surface area contributed by atoms with Crippen LogP contribution in [0.25, 0.3) is 0 Å². The van der Waals surface area contributed by atoms with E-state index in [4.69, 9.17) is 0 Å². The molecule has 6 nitrogen and oxygen atoms in total. The van der Waals surface area contributed by atoms with Gasteiger partial charge in [0, 0.05) is 33.4 Å². The van der Waals surface area contributed by atoms with Crippen molar-refractivity contribution in [3.8, 4) is 0 Å². The number of rotatable bonds is 5. The van der Waals surface area contributed by atoms with Crippen LogP contribution >= 0.6 is 27.3 Å². The molecule has 1 N–H and O–H groups in total. The Balaban J connectivity index is 2.11. The first-order valence-electron chi connectivity index (χ1n) is 5.35. The van der Waals surface area contributed by atoms with Gasteiger partial charge in [0.05, 0.1) is 9.82 Å². The third-order valence-electron chi connectivity index (χ3n) is 2.42. The van der Waals surface area contributed by atoms with Gasteiger partial charge in [-0.1, -0.05) is 0 Å². The molecule has 0 aliphatic heterocycles. The quantitative estimate of drug-likeness (QED) is 0.641. The summed E-state index contributed by atoms with van der Waals surface area (Å²) in [6.45, 7) is 0.176. The maximum Gasteiger partial charge on any atom is 0.269 e. The van der Waals surface area contributed by atoms with E-state index in [1.165, 1.54) is 23.5 Å². The Morgan fingerprint density at radius 1 is 1.30 bits per heavy atom. The van der Waals surface area contributed by atoms with Gasteiger partial charge in [0.15, 0.2) is 0 Å². The average molecular weight is 377 g/mol. The molecule has 1 heterocycles. The molecule has 106 valence electrons. The summed E-state index contributed by atoms with van der Waals surface area (Å²) < 4.78 is 27.4. The van der Waals surface area contributed by atoms with Crippen molar-refractivity contribution in [3.63, 3.8) is 0 Å². The van der Waals surface area contributed by atoms with Gasteiger partial charge in [0.1, 0.15) is 0 Å². The minimum atomic E-state index is -3.67. The molecule has 0 saturated heterocycles. The highest BCUT2D eigenvalue weighted by Crippen LogP contribution is 2.20. The van der Waals surface area contributed by atoms with Crippen LogP contribution in [0.4, 0.5) is 5.69 Å². The molecule has 2 aromatic rings. The fourth-order valence-electron chi connectivity index (χ4n) is 1.44. The second-order valence-electron chi connectivity index (χ2n) is 3.81. The summed E-state index contributed by atoms with van der Waals surface area (Å²) in [5.74, 6) is 0. The molecule has 0 aliphatic carbocycles. The van der Waals surface area contributed by atoms with Gasteiger partial charge in [0.25, 0.3) is 5.69 Å². The maximum absolute atomic E-state index is 12.0. The number of halogens is 1. The summed E-state index contributed by atoms with van der Waals surface area (Å²) in [6.07, 6.45) is 0. The molecule has 0 unspecified atom stereocenters. The summed E-state index contributed by atoms with van der Waals surface area (Å²) in [7, 11) is -3.67. The van der Waals surface area contributed by atoms with Crippen molar-refractivity contribution in [2.75, 3.05) is 0 Å². The molecule has 20 heavy (non-hydrogen) atoms. The molecule has 0 bridgehead atoms. The molecule has 0 aliphatic rings. The molecule has 1 aromatic heterocycles. The van der Waals surface area contributed by atoms with Crippen LogP contribution in [-0.2, 0) is 16.6 Å². The van der Waals surface area contributed by atoms with Gasteiger partial charge in [0.2, 0.25) is 10.0 Å². The summed E-state index contributed by atoms with van der Waals surface area (Å²) in [4.78, 5) is 10.8. The lowest BCUT2D eigenvalue weighted by atomic mass is 10.3. The topological polar surface area (TPSA) is 89.3 Å². The fraction of sp³-hybridized carbons (Fsp3) is 0.0909. The van der Waals surface area contributed by atoms with Crippen molar-refractivity contribution in [3.05, 3.63) is 55.2 Å². The van der Waals surface area contributed by atoms with Gasteiger partial charge >= 0.3 is 0 Å². The number of thiophene rings is 1. The second kappa shape index (κ2) is 6.00. The third kappa shape index (κ3) is 3.63. The smallest absolute Gasteiger partial charge is 0.258 e. The van der Waals surface area contributed by atoms with Gasteiger partial charge in [-0.2, -0.15) is 0 Å². The molecular formula is C11H9BrN2O4S2. The molecule has 0 saturated carbocycles. The number of nitro benzene ring substituents is 1. The Morgan fingerprint density at radius 2 is 1.95 bits per heavy atom. The Bertz CT molecular complexity index is 725. The molecule has 0 amide bonds. The molecule has 9 heteroatoms. The number of nitrogens with zero attached hydrogens (tertiary/aromatic N) is 1. The van der Waals surface area contributed by atoms with E-state index in [9.17, 15) is 18.5 Å². The average Bonchev–Trinajstić information content (AvgIpc) is 2.82. The highest BCUT2D eigenvalue weighted by molar-refractivity contribution is 9.10. The lowest BCUT2D eigenvalue weighted by Crippen LogP contribution is -2.22. The number of hydrogen-bond acceptors (Lipinski definition) is 5. The Morgan fingerprint density at radius 3 is 2.45 bits per heavy atom. The first-order valence-corrected chi connectivity index (χ1v) is 8.51. The minimum absolute atomic E-state index is 0.00118. The predicted molar refractivity (Wildman–Crippen MR) is 79.1 cm³/mol. The van der Waals surface area contributed by atoms with E-state index < -0.39 is 14.9 Å². The lowest BCUT2D eigenvalue weighted by Gasteiger charge is -2.05. The van der Waals surface area contributed by atoms with Crippen LogP contribution < -0.4 is 4.72 Å². The zero-order valence-electron chi connectivity index (χ0n) is 9.95. The first kappa shape index (κ1) is 15.1. The molecule has 1 aromatic carbocycles. The van der Waals surface area contributed by atoms with E-state index in [1.54, 1.807) is 0 Å². The number of nitrogens with one attached hydrogen (secondary N) is 1. The van der Waals surface area contributed by atoms with Crippen LogP contribution in [0, 0.1) is 10.1 Å². The van der Waals surface area contributed by atoms with Crippen molar-refractivity contribution in [1.82, 2.24) is 4.72 Å². The summed E-state index contributed by atoms with van der Waals surface area (Å²) in [6, 6.07) is 6.57. The van der Waals surface area contributed by atoms with Crippen LogP contribution in [0.1, 0.15) is 4.88 Å². The highest BCUT2D eigenvalue weighted by Gasteiger charge is 2.15. The van der Waals surface area contributed by atoms with Crippen molar-refractivity contribution in [2.24, 2.45) is 0 Å². The van der Waals surface area contributed by atoms with E-state index in [-0.39, 0.29) is 17.1 Å². The molecular weight excluding hydrogens is 368 g/mol. The summed E-state index contributed by atoms with van der Waals surface area (Å²) >= 11 is 4.72. The number of sulfonamides is 1. The predicted octanol–water partition coefficient (Wildman–Crippen LogP) is 2.90. The summed E-state index contributed by atoms with van der Waals surface area (Å²) in [5.41, 5.74) is -0.147. The van der Waals surface area contributed by atoms with Crippen LogP contribution in [0.3, 0.4) is 0 Å². The van der Waals surface area contributed by atoms with E-state index in [0.29, 0.717) is 0 Å². The molecule has 0 atom stereocenters. The number of non-ortho nitro benzene ring substituents is 1. The van der Waals surface area contributed by atoms with Crippen LogP contribution in [0.15, 0.2) is 45.1 Å².